The van der Waals surface area contributed by atoms with E-state index < -0.39 is 0 Å². The number of rotatable bonds is 5. The van der Waals surface area contributed by atoms with E-state index in [1.807, 2.05) is 50.2 Å². The third kappa shape index (κ3) is 4.59. The molecule has 1 atom stereocenters. The Kier molecular flexibility index (Phi) is 5.99. The summed E-state index contributed by atoms with van der Waals surface area (Å²) in [6, 6.07) is 14.8. The van der Waals surface area contributed by atoms with Crippen LogP contribution in [0.25, 0.3) is 0 Å². The molecule has 2 rings (SSSR count). The maximum atomic E-state index is 12.3. The van der Waals surface area contributed by atoms with Crippen molar-refractivity contribution in [1.29, 1.82) is 0 Å². The number of halogens is 1. The predicted octanol–water partition coefficient (Wildman–Crippen LogP) is 4.20. The number of benzene rings is 2. The molecule has 2 aromatic carbocycles. The number of amides is 2. The zero-order chi connectivity index (χ0) is 17.7. The van der Waals surface area contributed by atoms with E-state index in [1.54, 1.807) is 17.0 Å². The minimum absolute atomic E-state index is 0.0170. The van der Waals surface area contributed by atoms with Crippen LogP contribution in [-0.2, 0) is 9.59 Å². The lowest BCUT2D eigenvalue weighted by atomic mass is 10.1. The average Bonchev–Trinajstić information content (AvgIpc) is 2.56. The normalized spacial score (nSPS) is 11.7. The number of aryl methyl sites for hydroxylation is 1. The molecule has 1 unspecified atom stereocenters. The second-order valence-electron chi connectivity index (χ2n) is 5.75. The first-order valence-corrected chi connectivity index (χ1v) is 8.14. The highest BCUT2D eigenvalue weighted by molar-refractivity contribution is 6.31. The van der Waals surface area contributed by atoms with E-state index in [0.717, 1.165) is 11.1 Å². The molecule has 0 aliphatic heterocycles. The number of carbonyl (C=O) groups is 2. The molecule has 0 heterocycles. The number of nitrogens with one attached hydrogen (secondary N) is 1. The summed E-state index contributed by atoms with van der Waals surface area (Å²) in [4.78, 5) is 25.8. The quantitative estimate of drug-likeness (QED) is 0.883. The van der Waals surface area contributed by atoms with Crippen molar-refractivity contribution < 1.29 is 9.59 Å². The largest absolute Gasteiger partial charge is 0.327 e. The van der Waals surface area contributed by atoms with Crippen molar-refractivity contribution in [2.45, 2.75) is 26.8 Å². The Hall–Kier alpha value is -2.33. The van der Waals surface area contributed by atoms with Gasteiger partial charge in [0.15, 0.2) is 0 Å². The Morgan fingerprint density at radius 3 is 2.42 bits per heavy atom. The summed E-state index contributed by atoms with van der Waals surface area (Å²) in [7, 11) is 0. The Labute approximate surface area is 147 Å². The van der Waals surface area contributed by atoms with Crippen molar-refractivity contribution in [3.05, 3.63) is 64.7 Å². The van der Waals surface area contributed by atoms with Crippen molar-refractivity contribution >= 4 is 29.1 Å². The van der Waals surface area contributed by atoms with Gasteiger partial charge in [0.2, 0.25) is 11.8 Å². The van der Waals surface area contributed by atoms with Crippen LogP contribution in [0, 0.1) is 6.92 Å². The van der Waals surface area contributed by atoms with Gasteiger partial charge in [-0.25, -0.2) is 0 Å². The number of anilines is 1. The number of nitrogens with zero attached hydrogens (tertiary/aromatic N) is 1. The van der Waals surface area contributed by atoms with Crippen LogP contribution in [0.15, 0.2) is 48.5 Å². The number of carbonyl (C=O) groups excluding carboxylic acids is 2. The lowest BCUT2D eigenvalue weighted by molar-refractivity contribution is -0.134. The maximum absolute atomic E-state index is 12.3. The summed E-state index contributed by atoms with van der Waals surface area (Å²) in [5.74, 6) is -0.406. The molecule has 0 aliphatic carbocycles. The summed E-state index contributed by atoms with van der Waals surface area (Å²) in [6.07, 6.45) is 0. The van der Waals surface area contributed by atoms with E-state index in [-0.39, 0.29) is 24.4 Å². The SMILES string of the molecule is CC(=O)N(CC(=O)Nc1ccc(C)c(Cl)c1)C(C)c1ccccc1. The van der Waals surface area contributed by atoms with Crippen molar-refractivity contribution in [3.8, 4) is 0 Å². The van der Waals surface area contributed by atoms with Gasteiger partial charge in [-0.05, 0) is 37.1 Å². The Bertz CT molecular complexity index is 731. The van der Waals surface area contributed by atoms with Gasteiger partial charge >= 0.3 is 0 Å². The third-order valence-electron chi connectivity index (χ3n) is 3.92. The zero-order valence-corrected chi connectivity index (χ0v) is 14.8. The minimum atomic E-state index is -0.257. The van der Waals surface area contributed by atoms with E-state index in [1.165, 1.54) is 6.92 Å². The van der Waals surface area contributed by atoms with E-state index in [4.69, 9.17) is 11.6 Å². The van der Waals surface area contributed by atoms with Crippen LogP contribution in [0.5, 0.6) is 0 Å². The molecular weight excluding hydrogens is 324 g/mol. The molecule has 0 radical (unpaired) electrons. The van der Waals surface area contributed by atoms with E-state index in [0.29, 0.717) is 10.7 Å². The summed E-state index contributed by atoms with van der Waals surface area (Å²) < 4.78 is 0. The predicted molar refractivity (Wildman–Crippen MR) is 97.1 cm³/mol. The van der Waals surface area contributed by atoms with Gasteiger partial charge < -0.3 is 10.2 Å². The summed E-state index contributed by atoms with van der Waals surface area (Å²) >= 11 is 6.07. The Balaban J connectivity index is 2.08. The van der Waals surface area contributed by atoms with Crippen molar-refractivity contribution in [3.63, 3.8) is 0 Å². The van der Waals surface area contributed by atoms with Crippen LogP contribution >= 0.6 is 11.6 Å². The topological polar surface area (TPSA) is 49.4 Å². The number of hydrogen-bond acceptors (Lipinski definition) is 2. The molecule has 0 bridgehead atoms. The van der Waals surface area contributed by atoms with Gasteiger partial charge in [0.05, 0.1) is 6.04 Å². The molecule has 0 fully saturated rings. The first-order chi connectivity index (χ1) is 11.4. The molecule has 2 amide bonds. The molecule has 0 saturated carbocycles. The fourth-order valence-corrected chi connectivity index (χ4v) is 2.64. The summed E-state index contributed by atoms with van der Waals surface area (Å²) in [5, 5.41) is 3.38. The fourth-order valence-electron chi connectivity index (χ4n) is 2.46. The van der Waals surface area contributed by atoms with Gasteiger partial charge in [-0.15, -0.1) is 0 Å². The molecule has 1 N–H and O–H groups in total. The minimum Gasteiger partial charge on any atom is -0.327 e. The fraction of sp³-hybridized carbons (Fsp3) is 0.263. The molecular formula is C19H21ClN2O2. The van der Waals surface area contributed by atoms with E-state index >= 15 is 0 Å². The molecule has 0 spiro atoms. The van der Waals surface area contributed by atoms with Gasteiger partial charge in [-0.1, -0.05) is 48.0 Å². The van der Waals surface area contributed by atoms with Crippen molar-refractivity contribution in [2.75, 3.05) is 11.9 Å². The molecule has 24 heavy (non-hydrogen) atoms. The lowest BCUT2D eigenvalue weighted by Crippen LogP contribution is -2.38. The standard InChI is InChI=1S/C19H21ClN2O2/c1-13-9-10-17(11-18(13)20)21-19(24)12-22(15(3)23)14(2)16-7-5-4-6-8-16/h4-11,14H,12H2,1-3H3,(H,21,24). The number of hydrogen-bond donors (Lipinski definition) is 1. The highest BCUT2D eigenvalue weighted by Crippen LogP contribution is 2.22. The molecule has 5 heteroatoms. The first-order valence-electron chi connectivity index (χ1n) is 7.76. The van der Waals surface area contributed by atoms with Crippen LogP contribution in [-0.4, -0.2) is 23.3 Å². The summed E-state index contributed by atoms with van der Waals surface area (Å²) in [6.45, 7) is 5.26. The third-order valence-corrected chi connectivity index (χ3v) is 4.33. The van der Waals surface area contributed by atoms with Gasteiger partial charge in [-0.3, -0.25) is 9.59 Å². The Morgan fingerprint density at radius 2 is 1.83 bits per heavy atom. The van der Waals surface area contributed by atoms with Crippen LogP contribution in [0.1, 0.15) is 31.0 Å². The van der Waals surface area contributed by atoms with Gasteiger partial charge in [-0.2, -0.15) is 0 Å². The molecule has 126 valence electrons. The van der Waals surface area contributed by atoms with E-state index in [9.17, 15) is 9.59 Å². The average molecular weight is 345 g/mol. The molecule has 2 aromatic rings. The Morgan fingerprint density at radius 1 is 1.17 bits per heavy atom. The van der Waals surface area contributed by atoms with Crippen molar-refractivity contribution in [1.82, 2.24) is 4.90 Å². The van der Waals surface area contributed by atoms with Crippen LogP contribution < -0.4 is 5.32 Å². The summed E-state index contributed by atoms with van der Waals surface area (Å²) in [5.41, 5.74) is 2.54. The van der Waals surface area contributed by atoms with Crippen LogP contribution in [0.4, 0.5) is 5.69 Å². The molecule has 0 aromatic heterocycles. The zero-order valence-electron chi connectivity index (χ0n) is 14.0. The van der Waals surface area contributed by atoms with Crippen LogP contribution in [0.3, 0.4) is 0 Å². The first kappa shape index (κ1) is 18.0. The van der Waals surface area contributed by atoms with E-state index in [2.05, 4.69) is 5.32 Å². The van der Waals surface area contributed by atoms with Gasteiger partial charge in [0, 0.05) is 17.6 Å². The lowest BCUT2D eigenvalue weighted by Gasteiger charge is -2.28. The second kappa shape index (κ2) is 7.97. The van der Waals surface area contributed by atoms with Gasteiger partial charge in [0.25, 0.3) is 0 Å². The molecule has 4 nitrogen and oxygen atoms in total. The maximum Gasteiger partial charge on any atom is 0.244 e. The smallest absolute Gasteiger partial charge is 0.244 e. The molecule has 0 aliphatic rings. The monoisotopic (exact) mass is 344 g/mol. The second-order valence-corrected chi connectivity index (χ2v) is 6.15. The van der Waals surface area contributed by atoms with Crippen molar-refractivity contribution in [2.24, 2.45) is 0 Å². The van der Waals surface area contributed by atoms with Gasteiger partial charge in [0.1, 0.15) is 6.54 Å². The molecule has 0 saturated heterocycles. The highest BCUT2D eigenvalue weighted by Gasteiger charge is 2.21. The van der Waals surface area contributed by atoms with Crippen LogP contribution in [0.2, 0.25) is 5.02 Å². The highest BCUT2D eigenvalue weighted by atomic mass is 35.5.